The average molecular weight is 376 g/mol. The lowest BCUT2D eigenvalue weighted by Gasteiger charge is -2.30. The summed E-state index contributed by atoms with van der Waals surface area (Å²) in [6.07, 6.45) is 22.5. The molecule has 3 nitrogen and oxygen atoms in total. The molecule has 3 rings (SSSR count). The maximum atomic E-state index is 8.77. The Kier molecular flexibility index (Phi) is 8.80. The smallest absolute Gasteiger partial charge is 0.194 e. The van der Waals surface area contributed by atoms with Crippen molar-refractivity contribution in [2.24, 2.45) is 11.8 Å². The van der Waals surface area contributed by atoms with Crippen LogP contribution in [0.5, 0.6) is 0 Å². The van der Waals surface area contributed by atoms with Crippen LogP contribution in [0.3, 0.4) is 0 Å². The van der Waals surface area contributed by atoms with Crippen molar-refractivity contribution < 1.29 is 0 Å². The molecule has 0 radical (unpaired) electrons. The number of unbranched alkanes of at least 4 members (excludes halogenated alkanes) is 2. The molecule has 2 aliphatic carbocycles. The van der Waals surface area contributed by atoms with E-state index in [9.17, 15) is 0 Å². The van der Waals surface area contributed by atoms with Crippen molar-refractivity contribution in [1.82, 2.24) is 9.80 Å². The number of rotatable bonds is 10. The monoisotopic (exact) mass is 375 g/mol. The minimum absolute atomic E-state index is 0.618. The van der Waals surface area contributed by atoms with Crippen LogP contribution in [0.2, 0.25) is 0 Å². The van der Waals surface area contributed by atoms with Crippen molar-refractivity contribution in [2.75, 3.05) is 19.6 Å². The molecule has 0 aromatic heterocycles. The summed E-state index contributed by atoms with van der Waals surface area (Å²) in [4.78, 5) is 4.89. The molecule has 0 spiro atoms. The Morgan fingerprint density at radius 1 is 0.815 bits per heavy atom. The topological polar surface area (TPSA) is 30.3 Å². The summed E-state index contributed by atoms with van der Waals surface area (Å²) in [7, 11) is 0. The molecule has 0 bridgehead atoms. The molecule has 3 fully saturated rings. The van der Waals surface area contributed by atoms with Gasteiger partial charge >= 0.3 is 0 Å². The first-order valence-electron chi connectivity index (χ1n) is 12.4. The molecule has 1 atom stereocenters. The third-order valence-electron chi connectivity index (χ3n) is 7.54. The molecule has 0 aromatic rings. The van der Waals surface area contributed by atoms with Gasteiger partial charge in [0.25, 0.3) is 0 Å². The molecule has 156 valence electrons. The minimum atomic E-state index is 0.618. The predicted molar refractivity (Wildman–Crippen MR) is 116 cm³/mol. The predicted octanol–water partition coefficient (Wildman–Crippen LogP) is 6.43. The largest absolute Gasteiger partial charge is 0.341 e. The van der Waals surface area contributed by atoms with Crippen molar-refractivity contribution in [3.8, 4) is 0 Å². The van der Waals surface area contributed by atoms with Crippen LogP contribution in [-0.4, -0.2) is 41.4 Å². The van der Waals surface area contributed by atoms with Crippen molar-refractivity contribution in [1.29, 1.82) is 5.41 Å². The lowest BCUT2D eigenvalue weighted by molar-refractivity contribution is 0.238. The molecule has 0 aromatic carbocycles. The summed E-state index contributed by atoms with van der Waals surface area (Å²) in [6, 6.07) is 0.618. The number of nitrogens with one attached hydrogen (secondary N) is 1. The summed E-state index contributed by atoms with van der Waals surface area (Å²) in [5.74, 6) is 2.78. The van der Waals surface area contributed by atoms with Crippen LogP contribution in [0.4, 0.5) is 0 Å². The quantitative estimate of drug-likeness (QED) is 0.446. The van der Waals surface area contributed by atoms with E-state index in [2.05, 4.69) is 16.7 Å². The van der Waals surface area contributed by atoms with Crippen molar-refractivity contribution >= 4 is 5.96 Å². The van der Waals surface area contributed by atoms with E-state index < -0.39 is 0 Å². The van der Waals surface area contributed by atoms with Crippen LogP contribution in [0.25, 0.3) is 0 Å². The van der Waals surface area contributed by atoms with Gasteiger partial charge < -0.3 is 9.80 Å². The zero-order chi connectivity index (χ0) is 18.9. The van der Waals surface area contributed by atoms with E-state index in [0.717, 1.165) is 37.4 Å². The summed E-state index contributed by atoms with van der Waals surface area (Å²) < 4.78 is 0. The van der Waals surface area contributed by atoms with Gasteiger partial charge in [-0.15, -0.1) is 0 Å². The van der Waals surface area contributed by atoms with Gasteiger partial charge in [0.15, 0.2) is 5.96 Å². The van der Waals surface area contributed by atoms with Gasteiger partial charge in [-0.2, -0.15) is 0 Å². The van der Waals surface area contributed by atoms with E-state index in [-0.39, 0.29) is 0 Å². The first kappa shape index (κ1) is 21.0. The average Bonchev–Trinajstić information content (AvgIpc) is 3.00. The number of nitrogens with zero attached hydrogens (tertiary/aromatic N) is 2. The van der Waals surface area contributed by atoms with E-state index in [4.69, 9.17) is 5.41 Å². The Morgan fingerprint density at radius 2 is 1.48 bits per heavy atom. The van der Waals surface area contributed by atoms with Crippen molar-refractivity contribution in [2.45, 2.75) is 116 Å². The second kappa shape index (κ2) is 11.3. The zero-order valence-electron chi connectivity index (χ0n) is 18.1. The molecule has 1 N–H and O–H groups in total. The van der Waals surface area contributed by atoms with Crippen molar-refractivity contribution in [3.63, 3.8) is 0 Å². The first-order valence-corrected chi connectivity index (χ1v) is 12.4. The Bertz CT molecular complexity index is 423. The highest BCUT2D eigenvalue weighted by Gasteiger charge is 2.35. The number of guanidine groups is 1. The standard InChI is InChI=1S/C24H45N3/c1-2-3-17-26-20-23(19-22-15-8-5-9-16-22)27(24(26)25)18-11-10-14-21-12-6-4-7-13-21/h21-23,25H,2-20H2,1H3. The van der Waals surface area contributed by atoms with Gasteiger partial charge in [-0.3, -0.25) is 5.41 Å². The van der Waals surface area contributed by atoms with Crippen LogP contribution < -0.4 is 0 Å². The maximum absolute atomic E-state index is 8.77. The first-order chi connectivity index (χ1) is 13.3. The summed E-state index contributed by atoms with van der Waals surface area (Å²) in [5, 5.41) is 8.77. The summed E-state index contributed by atoms with van der Waals surface area (Å²) >= 11 is 0. The van der Waals surface area contributed by atoms with Crippen molar-refractivity contribution in [3.05, 3.63) is 0 Å². The molecule has 1 unspecified atom stereocenters. The number of hydrogen-bond donors (Lipinski definition) is 1. The fourth-order valence-electron chi connectivity index (χ4n) is 5.83. The molecular weight excluding hydrogens is 330 g/mol. The van der Waals surface area contributed by atoms with E-state index in [1.54, 1.807) is 0 Å². The second-order valence-electron chi connectivity index (χ2n) is 9.71. The Balaban J connectivity index is 1.47. The highest BCUT2D eigenvalue weighted by Crippen LogP contribution is 2.32. The zero-order valence-corrected chi connectivity index (χ0v) is 18.1. The highest BCUT2D eigenvalue weighted by atomic mass is 15.4. The van der Waals surface area contributed by atoms with E-state index in [1.165, 1.54) is 103 Å². The highest BCUT2D eigenvalue weighted by molar-refractivity contribution is 5.79. The van der Waals surface area contributed by atoms with Gasteiger partial charge in [0.2, 0.25) is 0 Å². The van der Waals surface area contributed by atoms with Gasteiger partial charge in [0.1, 0.15) is 0 Å². The van der Waals surface area contributed by atoms with Gasteiger partial charge in [0, 0.05) is 25.7 Å². The lowest BCUT2D eigenvalue weighted by atomic mass is 9.84. The molecular formula is C24H45N3. The SMILES string of the molecule is CCCCN1CC(CC2CCCCC2)N(CCCCC2CCCCC2)C1=N. The molecule has 0 amide bonds. The summed E-state index contributed by atoms with van der Waals surface area (Å²) in [5.41, 5.74) is 0. The van der Waals surface area contributed by atoms with E-state index >= 15 is 0 Å². The molecule has 1 saturated heterocycles. The van der Waals surface area contributed by atoms with Crippen LogP contribution in [0, 0.1) is 17.2 Å². The molecule has 3 heteroatoms. The normalized spacial score (nSPS) is 25.5. The number of hydrogen-bond acceptors (Lipinski definition) is 1. The van der Waals surface area contributed by atoms with Gasteiger partial charge in [-0.25, -0.2) is 0 Å². The molecule has 1 heterocycles. The third kappa shape index (κ3) is 6.39. The second-order valence-corrected chi connectivity index (χ2v) is 9.71. The van der Waals surface area contributed by atoms with E-state index in [1.807, 2.05) is 0 Å². The fourth-order valence-corrected chi connectivity index (χ4v) is 5.83. The molecule has 27 heavy (non-hydrogen) atoms. The van der Waals surface area contributed by atoms with Gasteiger partial charge in [-0.1, -0.05) is 90.4 Å². The van der Waals surface area contributed by atoms with Gasteiger partial charge in [0.05, 0.1) is 0 Å². The molecule has 2 saturated carbocycles. The third-order valence-corrected chi connectivity index (χ3v) is 7.54. The fraction of sp³-hybridized carbons (Fsp3) is 0.958. The van der Waals surface area contributed by atoms with Crippen LogP contribution >= 0.6 is 0 Å². The molecule has 1 aliphatic heterocycles. The lowest BCUT2D eigenvalue weighted by Crippen LogP contribution is -2.37. The van der Waals surface area contributed by atoms with Gasteiger partial charge in [-0.05, 0) is 31.1 Å². The minimum Gasteiger partial charge on any atom is -0.341 e. The maximum Gasteiger partial charge on any atom is 0.194 e. The van der Waals surface area contributed by atoms with E-state index in [0.29, 0.717) is 6.04 Å². The summed E-state index contributed by atoms with van der Waals surface area (Å²) in [6.45, 7) is 5.61. The Labute approximate surface area is 168 Å². The van der Waals surface area contributed by atoms with Crippen LogP contribution in [-0.2, 0) is 0 Å². The Morgan fingerprint density at radius 3 is 2.15 bits per heavy atom. The van der Waals surface area contributed by atoms with Crippen LogP contribution in [0.15, 0.2) is 0 Å². The van der Waals surface area contributed by atoms with Crippen LogP contribution in [0.1, 0.15) is 110 Å². The Hall–Kier alpha value is -0.730. The molecule has 3 aliphatic rings.